The zero-order valence-corrected chi connectivity index (χ0v) is 18.7. The van der Waals surface area contributed by atoms with Gasteiger partial charge in [0.1, 0.15) is 10.7 Å². The van der Waals surface area contributed by atoms with Crippen LogP contribution in [0.4, 0.5) is 5.82 Å². The Kier molecular flexibility index (Phi) is 4.69. The van der Waals surface area contributed by atoms with Crippen LogP contribution in [-0.2, 0) is 0 Å². The summed E-state index contributed by atoms with van der Waals surface area (Å²) < 4.78 is 3.49. The van der Waals surface area contributed by atoms with Crippen LogP contribution in [0.1, 0.15) is 16.6 Å². The lowest BCUT2D eigenvalue weighted by molar-refractivity contribution is 0.0946. The van der Waals surface area contributed by atoms with Crippen molar-refractivity contribution >= 4 is 78.7 Å². The van der Waals surface area contributed by atoms with Gasteiger partial charge in [-0.3, -0.25) is 4.79 Å². The predicted molar refractivity (Wildman–Crippen MR) is 123 cm³/mol. The first kappa shape index (κ1) is 18.0. The summed E-state index contributed by atoms with van der Waals surface area (Å²) in [5, 5.41) is 5.43. The molecule has 5 nitrogen and oxygen atoms in total. The number of nitrogens with one attached hydrogen (secondary N) is 1. The fourth-order valence-corrected chi connectivity index (χ4v) is 6.58. The highest BCUT2D eigenvalue weighted by Gasteiger charge is 2.25. The number of piperazine rings is 1. The van der Waals surface area contributed by atoms with Crippen molar-refractivity contribution in [3.8, 4) is 0 Å². The van der Waals surface area contributed by atoms with Crippen molar-refractivity contribution in [3.63, 3.8) is 0 Å². The molecule has 0 spiro atoms. The van der Waals surface area contributed by atoms with Crippen molar-refractivity contribution < 1.29 is 4.79 Å². The maximum atomic E-state index is 12.6. The maximum Gasteiger partial charge on any atom is 0.262 e. The van der Waals surface area contributed by atoms with E-state index < -0.39 is 0 Å². The third kappa shape index (κ3) is 3.20. The number of rotatable bonds is 1. The van der Waals surface area contributed by atoms with Crippen molar-refractivity contribution in [2.45, 2.75) is 17.9 Å². The Hall–Kier alpha value is -1.10. The molecule has 0 aliphatic carbocycles. The molecular formula is C19H19IN4OS2. The second-order valence-electron chi connectivity index (χ2n) is 7.02. The van der Waals surface area contributed by atoms with E-state index in [1.807, 2.05) is 0 Å². The Bertz CT molecular complexity index is 1050. The van der Waals surface area contributed by atoms with Crippen molar-refractivity contribution in [1.29, 1.82) is 0 Å². The van der Waals surface area contributed by atoms with E-state index in [0.29, 0.717) is 0 Å². The lowest BCUT2D eigenvalue weighted by Gasteiger charge is -2.32. The van der Waals surface area contributed by atoms with Crippen LogP contribution in [0.5, 0.6) is 0 Å². The molecule has 27 heavy (non-hydrogen) atoms. The quantitative estimate of drug-likeness (QED) is 0.394. The van der Waals surface area contributed by atoms with Gasteiger partial charge in [0.2, 0.25) is 0 Å². The number of carbonyl (C=O) groups is 1. The molecule has 2 aliphatic heterocycles. The standard InChI is InChI=1S/C19H19IN4OS2/c1-11-10-26-17-16-12-2-5-15(23-6-8-24(20)9-7-23)22-13(12)3-4-14(16)27-18(17)19(25)21-11/h2-5,11H,6-10H2,1H3,(H,21,25)/t11-/m1/s1. The lowest BCUT2D eigenvalue weighted by atomic mass is 10.1. The van der Waals surface area contributed by atoms with E-state index in [9.17, 15) is 4.79 Å². The largest absolute Gasteiger partial charge is 0.354 e. The first-order chi connectivity index (χ1) is 13.1. The molecule has 2 aromatic heterocycles. The van der Waals surface area contributed by atoms with Crippen molar-refractivity contribution in [3.05, 3.63) is 29.1 Å². The average Bonchev–Trinajstić information content (AvgIpc) is 2.99. The van der Waals surface area contributed by atoms with Gasteiger partial charge < -0.3 is 10.2 Å². The smallest absolute Gasteiger partial charge is 0.262 e. The van der Waals surface area contributed by atoms with Crippen molar-refractivity contribution in [2.75, 3.05) is 36.8 Å². The molecule has 0 unspecified atom stereocenters. The number of nitrogens with zero attached hydrogens (tertiary/aromatic N) is 3. The van der Waals surface area contributed by atoms with E-state index in [-0.39, 0.29) is 11.9 Å². The Labute approximate surface area is 180 Å². The molecule has 1 saturated heterocycles. The molecule has 8 heteroatoms. The van der Waals surface area contributed by atoms with E-state index in [4.69, 9.17) is 4.98 Å². The van der Waals surface area contributed by atoms with Gasteiger partial charge in [-0.05, 0) is 31.2 Å². The van der Waals surface area contributed by atoms with Gasteiger partial charge in [0.25, 0.3) is 5.91 Å². The van der Waals surface area contributed by atoms with Gasteiger partial charge in [-0.15, -0.1) is 23.1 Å². The van der Waals surface area contributed by atoms with Crippen LogP contribution in [0.2, 0.25) is 0 Å². The SMILES string of the molecule is C[C@@H]1CSc2c(sc3ccc4nc(N5CCN(I)CC5)ccc4c23)C(=O)N1. The second-order valence-corrected chi connectivity index (χ2v) is 10.5. The van der Waals surface area contributed by atoms with Crippen LogP contribution < -0.4 is 10.2 Å². The molecule has 3 aromatic rings. The summed E-state index contributed by atoms with van der Waals surface area (Å²) in [5.74, 6) is 2.00. The second kappa shape index (κ2) is 7.06. The van der Waals surface area contributed by atoms with E-state index in [0.717, 1.165) is 63.1 Å². The Morgan fingerprint density at radius 2 is 2.00 bits per heavy atom. The summed E-state index contributed by atoms with van der Waals surface area (Å²) in [6.07, 6.45) is 0. The van der Waals surface area contributed by atoms with Gasteiger partial charge in [0, 0.05) is 81.2 Å². The number of thioether (sulfide) groups is 1. The molecule has 1 amide bonds. The Balaban J connectivity index is 1.62. The Morgan fingerprint density at radius 1 is 1.19 bits per heavy atom. The van der Waals surface area contributed by atoms with Crippen LogP contribution in [-0.4, -0.2) is 52.0 Å². The van der Waals surface area contributed by atoms with E-state index in [1.54, 1.807) is 23.1 Å². The summed E-state index contributed by atoms with van der Waals surface area (Å²) in [6, 6.07) is 8.73. The zero-order chi connectivity index (χ0) is 18.5. The first-order valence-electron chi connectivity index (χ1n) is 9.06. The number of hydrogen-bond acceptors (Lipinski definition) is 6. The van der Waals surface area contributed by atoms with Gasteiger partial charge in [0.05, 0.1) is 5.52 Å². The molecule has 1 N–H and O–H groups in total. The maximum absolute atomic E-state index is 12.6. The number of benzene rings is 1. The minimum atomic E-state index is 0.0538. The molecule has 2 aliphatic rings. The summed E-state index contributed by atoms with van der Waals surface area (Å²) >= 11 is 5.77. The van der Waals surface area contributed by atoms with Crippen molar-refractivity contribution in [1.82, 2.24) is 13.4 Å². The van der Waals surface area contributed by atoms with Crippen molar-refractivity contribution in [2.24, 2.45) is 0 Å². The summed E-state index contributed by atoms with van der Waals surface area (Å²) in [7, 11) is 0. The third-order valence-corrected chi connectivity index (χ3v) is 8.69. The van der Waals surface area contributed by atoms with Gasteiger partial charge >= 0.3 is 0 Å². The van der Waals surface area contributed by atoms with Crippen LogP contribution in [0.3, 0.4) is 0 Å². The number of hydrogen-bond donors (Lipinski definition) is 1. The molecule has 0 saturated carbocycles. The fraction of sp³-hybridized carbons (Fsp3) is 0.368. The van der Waals surface area contributed by atoms with Crippen LogP contribution in [0, 0.1) is 0 Å². The number of anilines is 1. The molecule has 0 radical (unpaired) electrons. The van der Waals surface area contributed by atoms with Gasteiger partial charge in [-0.25, -0.2) is 8.10 Å². The predicted octanol–water partition coefficient (Wildman–Crippen LogP) is 4.15. The number of pyridine rings is 1. The number of fused-ring (bicyclic) bond motifs is 5. The highest BCUT2D eigenvalue weighted by Crippen LogP contribution is 2.43. The van der Waals surface area contributed by atoms with Gasteiger partial charge in [0.15, 0.2) is 0 Å². The zero-order valence-electron chi connectivity index (χ0n) is 14.9. The minimum Gasteiger partial charge on any atom is -0.354 e. The highest BCUT2D eigenvalue weighted by molar-refractivity contribution is 14.1. The molecule has 1 fully saturated rings. The first-order valence-corrected chi connectivity index (χ1v) is 11.8. The van der Waals surface area contributed by atoms with Crippen LogP contribution in [0.15, 0.2) is 29.2 Å². The molecule has 4 heterocycles. The van der Waals surface area contributed by atoms with Gasteiger partial charge in [-0.2, -0.15) is 0 Å². The van der Waals surface area contributed by atoms with Crippen LogP contribution >= 0.6 is 46.0 Å². The normalized spacial score (nSPS) is 21.3. The molecule has 1 atom stereocenters. The van der Waals surface area contributed by atoms with Gasteiger partial charge in [-0.1, -0.05) is 0 Å². The number of aromatic nitrogens is 1. The lowest BCUT2D eigenvalue weighted by Crippen LogP contribution is -2.42. The average molecular weight is 510 g/mol. The Morgan fingerprint density at radius 3 is 2.81 bits per heavy atom. The summed E-state index contributed by atoms with van der Waals surface area (Å²) in [6.45, 7) is 6.19. The number of carbonyl (C=O) groups excluding carboxylic acids is 1. The van der Waals surface area contributed by atoms with E-state index >= 15 is 0 Å². The molecule has 140 valence electrons. The van der Waals surface area contributed by atoms with E-state index in [1.165, 1.54) is 5.39 Å². The molecule has 1 aromatic carbocycles. The summed E-state index contributed by atoms with van der Waals surface area (Å²) in [5.41, 5.74) is 1.01. The topological polar surface area (TPSA) is 48.5 Å². The summed E-state index contributed by atoms with van der Waals surface area (Å²) in [4.78, 5) is 21.8. The number of amides is 1. The minimum absolute atomic E-state index is 0.0538. The third-order valence-electron chi connectivity index (χ3n) is 5.07. The molecule has 5 rings (SSSR count). The van der Waals surface area contributed by atoms with E-state index in [2.05, 4.69) is 67.4 Å². The monoisotopic (exact) mass is 510 g/mol. The number of thiophene rings is 1. The molecule has 0 bridgehead atoms. The van der Waals surface area contributed by atoms with Crippen LogP contribution in [0.25, 0.3) is 21.0 Å². The number of halogens is 1. The fourth-order valence-electron chi connectivity index (χ4n) is 3.68. The highest BCUT2D eigenvalue weighted by atomic mass is 127. The molecular weight excluding hydrogens is 491 g/mol.